The van der Waals surface area contributed by atoms with Crippen molar-refractivity contribution in [3.05, 3.63) is 156 Å². The normalized spacial score (nSPS) is 11.2. The molecule has 0 unspecified atom stereocenters. The van der Waals surface area contributed by atoms with Crippen LogP contribution in [0.25, 0.3) is 33.4 Å². The predicted octanol–water partition coefficient (Wildman–Crippen LogP) is 10.7. The molecule has 0 fully saturated rings. The Morgan fingerprint density at radius 2 is 0.542 bits per heavy atom. The number of halogens is 6. The van der Waals surface area contributed by atoms with Crippen LogP contribution in [-0.4, -0.2) is 144 Å². The first kappa shape index (κ1) is 76.3. The molecular weight excluding hydrogens is 1700 g/mol. The van der Waals surface area contributed by atoms with Gasteiger partial charge >= 0.3 is 18.0 Å². The summed E-state index contributed by atoms with van der Waals surface area (Å²) in [6, 6.07) is 22.4. The molecule has 9 aromatic rings. The van der Waals surface area contributed by atoms with Crippen molar-refractivity contribution in [3.63, 3.8) is 0 Å². The maximum atomic E-state index is 12.4. The molecule has 0 radical (unpaired) electrons. The zero-order chi connectivity index (χ0) is 68.9. The molecule has 6 heterocycles. The van der Waals surface area contributed by atoms with E-state index in [1.54, 1.807) is 73.6 Å². The molecule has 0 saturated carbocycles. The molecule has 0 aliphatic carbocycles. The summed E-state index contributed by atoms with van der Waals surface area (Å²) < 4.78 is 128. The van der Waals surface area contributed by atoms with Crippen molar-refractivity contribution < 1.29 is 53.7 Å². The van der Waals surface area contributed by atoms with E-state index >= 15 is 0 Å². The molecule has 0 amide bonds. The van der Waals surface area contributed by atoms with Crippen molar-refractivity contribution in [2.75, 3.05) is 73.4 Å². The molecule has 96 heavy (non-hydrogen) atoms. The van der Waals surface area contributed by atoms with Crippen LogP contribution >= 0.6 is 95.6 Å². The van der Waals surface area contributed by atoms with Gasteiger partial charge in [-0.3, -0.25) is 14.2 Å². The van der Waals surface area contributed by atoms with Gasteiger partial charge in [0.05, 0.1) is 30.1 Å². The van der Waals surface area contributed by atoms with Gasteiger partial charge in [-0.05, 0) is 120 Å². The van der Waals surface area contributed by atoms with Crippen LogP contribution in [0, 0.1) is 0 Å². The third-order valence-corrected chi connectivity index (χ3v) is 17.6. The molecule has 39 heteroatoms. The summed E-state index contributed by atoms with van der Waals surface area (Å²) in [6.07, 6.45) is 15.1. The lowest BCUT2D eigenvalue weighted by molar-refractivity contribution is 0.202. The number of aromatic nitrogens is 12. The highest BCUT2D eigenvalue weighted by Crippen LogP contribution is 2.38. The summed E-state index contributed by atoms with van der Waals surface area (Å²) in [4.78, 5) is 49.1. The van der Waals surface area contributed by atoms with Crippen LogP contribution in [0.2, 0.25) is 0 Å². The quantitative estimate of drug-likeness (QED) is 0.0208. The van der Waals surface area contributed by atoms with E-state index in [1.807, 2.05) is 57.2 Å². The Labute approximate surface area is 604 Å². The van der Waals surface area contributed by atoms with E-state index in [9.17, 15) is 25.3 Å². The van der Waals surface area contributed by atoms with E-state index in [0.29, 0.717) is 72.3 Å². The molecule has 0 aliphatic rings. The first-order valence-electron chi connectivity index (χ1n) is 28.5. The Kier molecular flexibility index (Phi) is 30.8. The van der Waals surface area contributed by atoms with Gasteiger partial charge in [0.15, 0.2) is 17.5 Å². The largest absolute Gasteiger partial charge is 0.473 e. The fourth-order valence-corrected chi connectivity index (χ4v) is 11.7. The van der Waals surface area contributed by atoms with E-state index in [-0.39, 0.29) is 92.8 Å². The van der Waals surface area contributed by atoms with Gasteiger partial charge in [-0.15, -0.1) is 0 Å². The summed E-state index contributed by atoms with van der Waals surface area (Å²) in [5.41, 5.74) is 3.24. The number of anilines is 3. The molecule has 6 N–H and O–H groups in total. The fraction of sp³-hybridized carbons (Fsp3) is 0.263. The summed E-state index contributed by atoms with van der Waals surface area (Å²) in [5.74, 6) is 0.900. The van der Waals surface area contributed by atoms with Gasteiger partial charge in [0.25, 0.3) is 30.6 Å². The average molecular weight is 1760 g/mol. The van der Waals surface area contributed by atoms with Gasteiger partial charge in [0.2, 0.25) is 17.6 Å². The minimum atomic E-state index is -3.82. The second-order valence-electron chi connectivity index (χ2n) is 18.9. The van der Waals surface area contributed by atoms with Crippen LogP contribution in [0.15, 0.2) is 156 Å². The van der Waals surface area contributed by atoms with Crippen LogP contribution in [-0.2, 0) is 30.6 Å². The zero-order valence-electron chi connectivity index (χ0n) is 50.9. The Bertz CT molecular complexity index is 3830. The second kappa shape index (κ2) is 38.8. The van der Waals surface area contributed by atoms with Crippen LogP contribution < -0.4 is 56.8 Å². The molecule has 510 valence electrons. The van der Waals surface area contributed by atoms with Crippen molar-refractivity contribution in [1.29, 1.82) is 0 Å². The predicted molar refractivity (Wildman–Crippen MR) is 380 cm³/mol. The van der Waals surface area contributed by atoms with E-state index in [1.165, 1.54) is 19.0 Å². The van der Waals surface area contributed by atoms with Crippen LogP contribution in [0.3, 0.4) is 0 Å². The number of nitrogens with zero attached hydrogens (tertiary/aromatic N) is 12. The molecule has 9 rings (SSSR count). The van der Waals surface area contributed by atoms with E-state index in [2.05, 4.69) is 184 Å². The Morgan fingerprint density at radius 1 is 0.312 bits per heavy atom. The molecule has 0 bridgehead atoms. The Balaban J connectivity index is 0.000000203. The maximum absolute atomic E-state index is 12.4. The monoisotopic (exact) mass is 1760 g/mol. The molecule has 6 aromatic heterocycles. The van der Waals surface area contributed by atoms with Crippen molar-refractivity contribution in [2.45, 2.75) is 40.0 Å². The van der Waals surface area contributed by atoms with Crippen molar-refractivity contribution >= 4 is 144 Å². The summed E-state index contributed by atoms with van der Waals surface area (Å²) in [7, 11) is -11.5. The number of benzene rings is 3. The molecule has 0 spiro atoms. The zero-order valence-corrected chi connectivity index (χ0v) is 62.8. The van der Waals surface area contributed by atoms with E-state index in [4.69, 9.17) is 28.4 Å². The van der Waals surface area contributed by atoms with Crippen LogP contribution in [0.1, 0.15) is 40.0 Å². The Morgan fingerprint density at radius 3 is 0.771 bits per heavy atom. The van der Waals surface area contributed by atoms with Gasteiger partial charge in [0.1, 0.15) is 58.6 Å². The minimum Gasteiger partial charge on any atom is -0.473 e. The number of rotatable bonds is 33. The molecule has 0 atom stereocenters. The third-order valence-electron chi connectivity index (χ3n) is 11.6. The molecule has 3 aromatic carbocycles. The average Bonchev–Trinajstić information content (AvgIpc) is 0.821. The van der Waals surface area contributed by atoms with Crippen LogP contribution in [0.4, 0.5) is 17.5 Å². The fourth-order valence-electron chi connectivity index (χ4n) is 7.44. The number of nitrogens with one attached hydrogen (secondary N) is 6. The van der Waals surface area contributed by atoms with Gasteiger partial charge in [-0.2, -0.15) is 39.4 Å². The van der Waals surface area contributed by atoms with Gasteiger partial charge in [-0.25, -0.2) is 59.8 Å². The maximum Gasteiger partial charge on any atom is 0.316 e. The lowest BCUT2D eigenvalue weighted by Gasteiger charge is -2.15. The first-order valence-corrected chi connectivity index (χ1v) is 37.7. The van der Waals surface area contributed by atoms with Crippen molar-refractivity contribution in [2.24, 2.45) is 0 Å². The molecule has 0 saturated heterocycles. The lowest BCUT2D eigenvalue weighted by Crippen LogP contribution is -2.31. The number of hydrogen-bond donors (Lipinski definition) is 6. The molecule has 0 aliphatic heterocycles. The topological polar surface area (TPSA) is 385 Å². The Hall–Kier alpha value is -7.05. The minimum absolute atomic E-state index is 0.0955. The summed E-state index contributed by atoms with van der Waals surface area (Å²) in [5, 5.41) is 0. The highest BCUT2D eigenvalue weighted by Gasteiger charge is 2.23. The van der Waals surface area contributed by atoms with Gasteiger partial charge < -0.3 is 28.4 Å². The van der Waals surface area contributed by atoms with Gasteiger partial charge in [-0.1, -0.05) is 105 Å². The van der Waals surface area contributed by atoms with Gasteiger partial charge in [0, 0.05) is 70.2 Å². The SMILES string of the molecule is CCCNS(=O)(=O)Nc1ncnc(OCCOc2ncc(Br)cn2)c1-c1ccc(Br)cc1.CCCNS(=O)(=O)Nc1ncnc(OCCOc2ncc(Br)cn2)c1-c1ccc(Br)cc1.CCCNS(=O)(=O)Nc1ncnc(OCCOc2ncc(Br)cn2)c1-c1ccc(Br)cc1. The van der Waals surface area contributed by atoms with E-state index in [0.717, 1.165) is 26.8 Å². The first-order chi connectivity index (χ1) is 46.1. The highest BCUT2D eigenvalue weighted by atomic mass is 79.9. The number of hydrogen-bond acceptors (Lipinski definition) is 24. The van der Waals surface area contributed by atoms with E-state index < -0.39 is 30.6 Å². The number of ether oxygens (including phenoxy) is 6. The summed E-state index contributed by atoms with van der Waals surface area (Å²) >= 11 is 20.0. The van der Waals surface area contributed by atoms with Crippen molar-refractivity contribution in [1.82, 2.24) is 74.0 Å². The highest BCUT2D eigenvalue weighted by molar-refractivity contribution is 9.11. The smallest absolute Gasteiger partial charge is 0.316 e. The third kappa shape index (κ3) is 25.7. The molecule has 30 nitrogen and oxygen atoms in total. The van der Waals surface area contributed by atoms with Crippen LogP contribution in [0.5, 0.6) is 35.7 Å². The molecular formula is C57H60Br6N18O12S3. The van der Waals surface area contributed by atoms with Crippen molar-refractivity contribution in [3.8, 4) is 69.1 Å². The second-order valence-corrected chi connectivity index (χ2v) is 28.9. The summed E-state index contributed by atoms with van der Waals surface area (Å²) in [6.45, 7) is 7.35. The standard InChI is InChI=1S/3C19H20Br2N6O4S/c3*1-2-7-26-32(28,29)27-17-16(13-3-5-14(20)6-4-13)18(25-12-24-17)30-8-9-31-19-22-10-15(21)11-23-19/h3*3-6,10-12,26H,2,7-9H2,1H3,(H,24,25,27). The lowest BCUT2D eigenvalue weighted by atomic mass is 10.1.